The first kappa shape index (κ1) is 20.1. The molecule has 0 radical (unpaired) electrons. The number of aromatic nitrogens is 2. The van der Waals surface area contributed by atoms with Crippen molar-refractivity contribution in [3.8, 4) is 11.6 Å². The van der Waals surface area contributed by atoms with Crippen molar-refractivity contribution in [1.82, 2.24) is 9.97 Å². The predicted molar refractivity (Wildman–Crippen MR) is 119 cm³/mol. The molecule has 1 aliphatic heterocycles. The summed E-state index contributed by atoms with van der Waals surface area (Å²) >= 11 is 0. The zero-order valence-electron chi connectivity index (χ0n) is 18.3. The fourth-order valence-electron chi connectivity index (χ4n) is 4.43. The number of piperidine rings is 1. The Hall–Kier alpha value is -2.83. The summed E-state index contributed by atoms with van der Waals surface area (Å²) in [6.45, 7) is 4.02. The Bertz CT molecular complexity index is 975. The molecule has 3 aliphatic rings. The number of ether oxygens (including phenoxy) is 2. The van der Waals surface area contributed by atoms with E-state index in [9.17, 15) is 4.79 Å². The number of rotatable bonds is 6. The zero-order valence-corrected chi connectivity index (χ0v) is 18.3. The van der Waals surface area contributed by atoms with Gasteiger partial charge in [0.25, 0.3) is 11.8 Å². The van der Waals surface area contributed by atoms with Gasteiger partial charge in [-0.15, -0.1) is 0 Å². The zero-order chi connectivity index (χ0) is 21.4. The summed E-state index contributed by atoms with van der Waals surface area (Å²) < 4.78 is 11.3. The van der Waals surface area contributed by atoms with Gasteiger partial charge in [-0.3, -0.25) is 9.78 Å². The van der Waals surface area contributed by atoms with Crippen molar-refractivity contribution >= 4 is 17.3 Å². The summed E-state index contributed by atoms with van der Waals surface area (Å²) in [5.74, 6) is 0.653. The maximum Gasteiger partial charge on any atom is 0.274 e. The Balaban J connectivity index is 1.35. The molecule has 7 nitrogen and oxygen atoms in total. The van der Waals surface area contributed by atoms with Gasteiger partial charge in [0.2, 0.25) is 0 Å². The fourth-order valence-corrected chi connectivity index (χ4v) is 4.43. The normalized spacial score (nSPS) is 19.6. The number of aryl methyl sites for hydroxylation is 1. The molecule has 1 spiro atoms. The summed E-state index contributed by atoms with van der Waals surface area (Å²) in [6, 6.07) is 5.47. The lowest BCUT2D eigenvalue weighted by molar-refractivity contribution is 0.0998. The number of anilines is 2. The van der Waals surface area contributed by atoms with Gasteiger partial charge in [0.15, 0.2) is 5.75 Å². The van der Waals surface area contributed by atoms with Crippen LogP contribution >= 0.6 is 0 Å². The smallest absolute Gasteiger partial charge is 0.274 e. The van der Waals surface area contributed by atoms with E-state index in [1.165, 1.54) is 25.7 Å². The summed E-state index contributed by atoms with van der Waals surface area (Å²) in [5.41, 5.74) is 3.61. The van der Waals surface area contributed by atoms with Gasteiger partial charge in [-0.25, -0.2) is 4.98 Å². The maximum atomic E-state index is 13.1. The largest absolute Gasteiger partial charge is 0.491 e. The van der Waals surface area contributed by atoms with E-state index in [4.69, 9.17) is 9.47 Å². The van der Waals surface area contributed by atoms with E-state index < -0.39 is 0 Å². The summed E-state index contributed by atoms with van der Waals surface area (Å²) in [6.07, 6.45) is 10.3. The van der Waals surface area contributed by atoms with Crippen molar-refractivity contribution in [2.75, 3.05) is 30.4 Å². The average Bonchev–Trinajstić information content (AvgIpc) is 3.51. The van der Waals surface area contributed by atoms with E-state index in [2.05, 4.69) is 26.3 Å². The van der Waals surface area contributed by atoms with Crippen LogP contribution in [0.15, 0.2) is 24.4 Å². The molecule has 31 heavy (non-hydrogen) atoms. The highest BCUT2D eigenvalue weighted by molar-refractivity contribution is 6.04. The topological polar surface area (TPSA) is 76.6 Å². The quantitative estimate of drug-likeness (QED) is 0.746. The van der Waals surface area contributed by atoms with Crippen molar-refractivity contribution in [3.05, 3.63) is 35.8 Å². The molecule has 0 atom stereocenters. The highest BCUT2D eigenvalue weighted by Crippen LogP contribution is 2.54. The average molecular weight is 423 g/mol. The second-order valence-corrected chi connectivity index (χ2v) is 9.16. The molecule has 1 amide bonds. The van der Waals surface area contributed by atoms with Crippen molar-refractivity contribution in [3.63, 3.8) is 0 Å². The lowest BCUT2D eigenvalue weighted by Gasteiger charge is -2.35. The molecule has 164 valence electrons. The number of hydrogen-bond acceptors (Lipinski definition) is 6. The lowest BCUT2D eigenvalue weighted by atomic mass is 9.93. The molecule has 3 fully saturated rings. The van der Waals surface area contributed by atoms with Gasteiger partial charge in [0, 0.05) is 18.8 Å². The van der Waals surface area contributed by atoms with Crippen molar-refractivity contribution < 1.29 is 14.3 Å². The molecule has 7 heteroatoms. The first-order valence-corrected chi connectivity index (χ1v) is 11.3. The van der Waals surface area contributed by atoms with Crippen LogP contribution in [0.3, 0.4) is 0 Å². The van der Waals surface area contributed by atoms with Crippen LogP contribution in [0.2, 0.25) is 0 Å². The van der Waals surface area contributed by atoms with Gasteiger partial charge in [-0.2, -0.15) is 0 Å². The van der Waals surface area contributed by atoms with Crippen LogP contribution in [0.5, 0.6) is 11.6 Å². The monoisotopic (exact) mass is 422 g/mol. The molecule has 2 aromatic heterocycles. The van der Waals surface area contributed by atoms with Crippen LogP contribution in [0.1, 0.15) is 61.1 Å². The third kappa shape index (κ3) is 4.18. The fraction of sp³-hybridized carbons (Fsp3) is 0.542. The molecule has 1 saturated heterocycles. The molecule has 2 aromatic rings. The Morgan fingerprint density at radius 2 is 1.97 bits per heavy atom. The van der Waals surface area contributed by atoms with E-state index in [-0.39, 0.29) is 12.0 Å². The molecule has 5 rings (SSSR count). The van der Waals surface area contributed by atoms with Gasteiger partial charge in [0.1, 0.15) is 11.8 Å². The second-order valence-electron chi connectivity index (χ2n) is 9.16. The van der Waals surface area contributed by atoms with Crippen molar-refractivity contribution in [2.24, 2.45) is 5.41 Å². The summed E-state index contributed by atoms with van der Waals surface area (Å²) in [5, 5.41) is 3.03. The minimum atomic E-state index is -0.274. The maximum absolute atomic E-state index is 13.1. The molecule has 0 bridgehead atoms. The van der Waals surface area contributed by atoms with Crippen LogP contribution in [-0.4, -0.2) is 42.2 Å². The van der Waals surface area contributed by atoms with Gasteiger partial charge >= 0.3 is 0 Å². The number of carbonyl (C=O) groups is 1. The van der Waals surface area contributed by atoms with E-state index in [0.717, 1.165) is 49.4 Å². The number of carbonyl (C=O) groups excluding carboxylic acids is 1. The molecule has 2 aliphatic carbocycles. The van der Waals surface area contributed by atoms with Gasteiger partial charge < -0.3 is 19.7 Å². The Labute approximate surface area is 183 Å². The third-order valence-electron chi connectivity index (χ3n) is 7.00. The highest BCUT2D eigenvalue weighted by Gasteiger charge is 2.44. The van der Waals surface area contributed by atoms with Crippen molar-refractivity contribution in [1.29, 1.82) is 0 Å². The van der Waals surface area contributed by atoms with E-state index in [1.54, 1.807) is 25.4 Å². The minimum Gasteiger partial charge on any atom is -0.491 e. The molecular weight excluding hydrogens is 392 g/mol. The number of hydrogen-bond donors (Lipinski definition) is 1. The second kappa shape index (κ2) is 8.02. The summed E-state index contributed by atoms with van der Waals surface area (Å²) in [7, 11) is 1.58. The van der Waals surface area contributed by atoms with Crippen LogP contribution in [0.25, 0.3) is 0 Å². The van der Waals surface area contributed by atoms with Crippen LogP contribution in [-0.2, 0) is 0 Å². The third-order valence-corrected chi connectivity index (χ3v) is 7.00. The van der Waals surface area contributed by atoms with Gasteiger partial charge in [0.05, 0.1) is 24.7 Å². The van der Waals surface area contributed by atoms with E-state index in [0.29, 0.717) is 22.7 Å². The number of nitrogens with one attached hydrogen (secondary N) is 1. The predicted octanol–water partition coefficient (Wildman–Crippen LogP) is 4.36. The number of methoxy groups -OCH3 is 1. The van der Waals surface area contributed by atoms with Crippen LogP contribution < -0.4 is 19.7 Å². The summed E-state index contributed by atoms with van der Waals surface area (Å²) in [4.78, 5) is 24.3. The standard InChI is InChI=1S/C24H30N4O3/c1-16-14-20(28-12-10-24(8-9-24)11-13-28)19(15-25-16)26-22(29)18-6-7-21(30-2)23(27-18)31-17-4-3-5-17/h6-7,14-15,17H,3-5,8-13H2,1-2H3,(H,26,29). The Morgan fingerprint density at radius 3 is 2.61 bits per heavy atom. The first-order valence-electron chi connectivity index (χ1n) is 11.3. The van der Waals surface area contributed by atoms with Gasteiger partial charge in [-0.1, -0.05) is 0 Å². The lowest BCUT2D eigenvalue weighted by Crippen LogP contribution is -2.35. The molecule has 0 aromatic carbocycles. The molecule has 1 N–H and O–H groups in total. The van der Waals surface area contributed by atoms with E-state index in [1.807, 2.05) is 6.92 Å². The number of nitrogens with zero attached hydrogens (tertiary/aromatic N) is 3. The molecule has 3 heterocycles. The highest BCUT2D eigenvalue weighted by atomic mass is 16.5. The first-order chi connectivity index (χ1) is 15.0. The minimum absolute atomic E-state index is 0.154. The Morgan fingerprint density at radius 1 is 1.19 bits per heavy atom. The SMILES string of the molecule is COc1ccc(C(=O)Nc2cnc(C)cc2N2CCC3(CC2)CC3)nc1OC1CCC1. The Kier molecular flexibility index (Phi) is 5.20. The number of amides is 1. The van der Waals surface area contributed by atoms with E-state index >= 15 is 0 Å². The number of pyridine rings is 2. The molecule has 2 saturated carbocycles. The molecular formula is C24H30N4O3. The van der Waals surface area contributed by atoms with Crippen LogP contribution in [0, 0.1) is 12.3 Å². The van der Waals surface area contributed by atoms with Crippen molar-refractivity contribution in [2.45, 2.75) is 58.0 Å². The van der Waals surface area contributed by atoms with Crippen LogP contribution in [0.4, 0.5) is 11.4 Å². The van der Waals surface area contributed by atoms with Gasteiger partial charge in [-0.05, 0) is 75.5 Å². The molecule has 0 unspecified atom stereocenters.